The molecule has 6 nitrogen and oxygen atoms in total. The molecule has 0 aromatic carbocycles. The Balaban J connectivity index is 1.67. The van der Waals surface area contributed by atoms with Crippen molar-refractivity contribution in [2.45, 2.75) is 32.4 Å². The molecule has 120 valence electrons. The van der Waals surface area contributed by atoms with Crippen LogP contribution in [0.25, 0.3) is 0 Å². The highest BCUT2D eigenvalue weighted by Gasteiger charge is 2.33. The van der Waals surface area contributed by atoms with Crippen LogP contribution >= 0.6 is 22.7 Å². The van der Waals surface area contributed by atoms with Crippen molar-refractivity contribution in [1.82, 2.24) is 5.32 Å². The third-order valence-electron chi connectivity index (χ3n) is 4.37. The summed E-state index contributed by atoms with van der Waals surface area (Å²) in [6.07, 6.45) is 2.69. The molecule has 2 aromatic rings. The van der Waals surface area contributed by atoms with Gasteiger partial charge in [0.25, 0.3) is 5.91 Å². The Morgan fingerprint density at radius 1 is 1.30 bits per heavy atom. The fourth-order valence-corrected chi connectivity index (χ4v) is 5.46. The molecule has 2 aliphatic rings. The number of carbonyl (C=O) groups excluding carboxylic acids is 1. The summed E-state index contributed by atoms with van der Waals surface area (Å²) in [7, 11) is 0. The van der Waals surface area contributed by atoms with Gasteiger partial charge in [-0.15, -0.1) is 11.3 Å². The molecule has 2 N–H and O–H groups in total. The number of carbonyl (C=O) groups is 1. The third kappa shape index (κ3) is 2.42. The van der Waals surface area contributed by atoms with E-state index in [0.29, 0.717) is 5.92 Å². The van der Waals surface area contributed by atoms with Gasteiger partial charge in [-0.1, -0.05) is 18.3 Å². The highest BCUT2D eigenvalue weighted by Crippen LogP contribution is 2.43. The number of fused-ring (bicyclic) bond motifs is 3. The van der Waals surface area contributed by atoms with Crippen LogP contribution in [0.2, 0.25) is 0 Å². The van der Waals surface area contributed by atoms with Gasteiger partial charge in [-0.3, -0.25) is 14.9 Å². The van der Waals surface area contributed by atoms with Gasteiger partial charge in [0, 0.05) is 10.9 Å². The minimum absolute atomic E-state index is 0.0770. The predicted octanol–water partition coefficient (Wildman–Crippen LogP) is 3.70. The molecule has 3 heterocycles. The number of thiophene rings is 2. The fourth-order valence-electron chi connectivity index (χ4n) is 3.20. The van der Waals surface area contributed by atoms with E-state index in [9.17, 15) is 14.9 Å². The van der Waals surface area contributed by atoms with E-state index in [2.05, 4.69) is 17.6 Å². The number of rotatable bonds is 2. The number of nitro groups is 1. The molecule has 0 fully saturated rings. The number of anilines is 1. The molecule has 0 saturated heterocycles. The molecular formula is C15H15N3O3S2. The summed E-state index contributed by atoms with van der Waals surface area (Å²) in [5.74, 6) is 0.577. The van der Waals surface area contributed by atoms with E-state index in [-0.39, 0.29) is 10.9 Å². The van der Waals surface area contributed by atoms with E-state index in [1.807, 2.05) is 0 Å². The van der Waals surface area contributed by atoms with Crippen molar-refractivity contribution in [3.63, 3.8) is 0 Å². The first-order chi connectivity index (χ1) is 11.0. The molecule has 0 radical (unpaired) electrons. The van der Waals surface area contributed by atoms with Crippen LogP contribution in [0, 0.1) is 16.0 Å². The summed E-state index contributed by atoms with van der Waals surface area (Å²) >= 11 is 2.74. The van der Waals surface area contributed by atoms with Gasteiger partial charge in [0.05, 0.1) is 15.4 Å². The smallest absolute Gasteiger partial charge is 0.324 e. The van der Waals surface area contributed by atoms with E-state index >= 15 is 0 Å². The zero-order chi connectivity index (χ0) is 16.1. The molecule has 1 aliphatic carbocycles. The van der Waals surface area contributed by atoms with Crippen molar-refractivity contribution >= 4 is 38.6 Å². The average molecular weight is 349 g/mol. The van der Waals surface area contributed by atoms with Gasteiger partial charge in [-0.05, 0) is 36.8 Å². The molecule has 0 bridgehead atoms. The Labute approximate surface area is 140 Å². The van der Waals surface area contributed by atoms with Crippen LogP contribution in [0.5, 0.6) is 0 Å². The summed E-state index contributed by atoms with van der Waals surface area (Å²) in [4.78, 5) is 25.0. The first kappa shape index (κ1) is 14.6. The number of hydrogen-bond donors (Lipinski definition) is 2. The highest BCUT2D eigenvalue weighted by molar-refractivity contribution is 7.17. The number of amides is 1. The Morgan fingerprint density at radius 3 is 2.87 bits per heavy atom. The largest absolute Gasteiger partial charge is 0.352 e. The van der Waals surface area contributed by atoms with Crippen LogP contribution in [0.15, 0.2) is 12.1 Å². The van der Waals surface area contributed by atoms with Crippen LogP contribution in [-0.2, 0) is 12.8 Å². The second-order valence-electron chi connectivity index (χ2n) is 6.04. The van der Waals surface area contributed by atoms with Crippen LogP contribution in [0.3, 0.4) is 0 Å². The lowest BCUT2D eigenvalue weighted by Gasteiger charge is -2.25. The second kappa shape index (κ2) is 5.31. The Morgan fingerprint density at radius 2 is 2.13 bits per heavy atom. The van der Waals surface area contributed by atoms with Crippen molar-refractivity contribution in [2.24, 2.45) is 5.92 Å². The van der Waals surface area contributed by atoms with Gasteiger partial charge >= 0.3 is 5.00 Å². The van der Waals surface area contributed by atoms with E-state index < -0.39 is 11.1 Å². The van der Waals surface area contributed by atoms with Gasteiger partial charge in [0.2, 0.25) is 0 Å². The first-order valence-corrected chi connectivity index (χ1v) is 9.12. The molecule has 1 amide bonds. The van der Waals surface area contributed by atoms with Crippen LogP contribution in [-0.4, -0.2) is 10.8 Å². The zero-order valence-electron chi connectivity index (χ0n) is 12.4. The van der Waals surface area contributed by atoms with Gasteiger partial charge in [0.1, 0.15) is 11.2 Å². The molecule has 0 unspecified atom stereocenters. The van der Waals surface area contributed by atoms with Crippen molar-refractivity contribution in [3.05, 3.63) is 43.1 Å². The zero-order valence-corrected chi connectivity index (χ0v) is 14.1. The van der Waals surface area contributed by atoms with E-state index in [0.717, 1.165) is 46.0 Å². The fraction of sp³-hybridized carbons (Fsp3) is 0.400. The molecule has 1 aliphatic heterocycles. The SMILES string of the molecule is C[C@H]1CCc2c(sc3c2C(=O)N[C@H](c2ccc([N+](=O)[O-])s2)N3)C1. The van der Waals surface area contributed by atoms with Crippen LogP contribution in [0.1, 0.15) is 45.2 Å². The normalized spacial score (nSPS) is 22.7. The maximum absolute atomic E-state index is 12.6. The number of nitrogens with one attached hydrogen (secondary N) is 2. The highest BCUT2D eigenvalue weighted by atomic mass is 32.1. The molecular weight excluding hydrogens is 334 g/mol. The van der Waals surface area contributed by atoms with Gasteiger partial charge in [-0.2, -0.15) is 0 Å². The topological polar surface area (TPSA) is 84.3 Å². The Kier molecular flexibility index (Phi) is 3.38. The maximum atomic E-state index is 12.6. The van der Waals surface area contributed by atoms with Gasteiger partial charge < -0.3 is 10.6 Å². The monoisotopic (exact) mass is 349 g/mol. The van der Waals surface area contributed by atoms with Crippen molar-refractivity contribution in [1.29, 1.82) is 0 Å². The molecule has 8 heteroatoms. The van der Waals surface area contributed by atoms with Crippen molar-refractivity contribution in [2.75, 3.05) is 5.32 Å². The molecule has 0 spiro atoms. The van der Waals surface area contributed by atoms with Crippen LogP contribution < -0.4 is 10.6 Å². The second-order valence-corrected chi connectivity index (χ2v) is 8.24. The standard InChI is InChI=1S/C15H15N3O3S2/c1-7-2-3-8-10(6-7)23-15-12(8)14(19)16-13(17-15)9-4-5-11(22-9)18(20)21/h4-5,7,13,17H,2-3,6H2,1H3,(H,16,19)/t7-,13-/m0/s1. The lowest BCUT2D eigenvalue weighted by atomic mass is 9.88. The molecule has 0 saturated carbocycles. The van der Waals surface area contributed by atoms with Crippen molar-refractivity contribution in [3.8, 4) is 0 Å². The predicted molar refractivity (Wildman–Crippen MR) is 90.3 cm³/mol. The third-order valence-corrected chi connectivity index (χ3v) is 6.65. The van der Waals surface area contributed by atoms with E-state index in [4.69, 9.17) is 0 Å². The summed E-state index contributed by atoms with van der Waals surface area (Å²) in [5, 5.41) is 18.1. The lowest BCUT2D eigenvalue weighted by Crippen LogP contribution is -2.37. The average Bonchev–Trinajstić information content (AvgIpc) is 3.10. The first-order valence-electron chi connectivity index (χ1n) is 7.49. The maximum Gasteiger partial charge on any atom is 0.324 e. The van der Waals surface area contributed by atoms with Gasteiger partial charge in [-0.25, -0.2) is 0 Å². The lowest BCUT2D eigenvalue weighted by molar-refractivity contribution is -0.380. The minimum atomic E-state index is -0.407. The number of nitrogens with zero attached hydrogens (tertiary/aromatic N) is 1. The van der Waals surface area contributed by atoms with Crippen LogP contribution in [0.4, 0.5) is 10.0 Å². The van der Waals surface area contributed by atoms with E-state index in [1.54, 1.807) is 17.4 Å². The molecule has 23 heavy (non-hydrogen) atoms. The Bertz CT molecular complexity index is 811. The summed E-state index contributed by atoms with van der Waals surface area (Å²) < 4.78 is 0. The molecule has 2 atom stereocenters. The van der Waals surface area contributed by atoms with Crippen molar-refractivity contribution < 1.29 is 9.72 Å². The molecule has 4 rings (SSSR count). The number of hydrogen-bond acceptors (Lipinski definition) is 6. The Hall–Kier alpha value is -1.93. The summed E-state index contributed by atoms with van der Waals surface area (Å²) in [5.41, 5.74) is 1.96. The molecule has 2 aromatic heterocycles. The summed E-state index contributed by atoms with van der Waals surface area (Å²) in [6, 6.07) is 3.17. The van der Waals surface area contributed by atoms with E-state index in [1.165, 1.54) is 16.5 Å². The minimum Gasteiger partial charge on any atom is -0.352 e. The van der Waals surface area contributed by atoms with Gasteiger partial charge in [0.15, 0.2) is 0 Å². The quantitative estimate of drug-likeness (QED) is 0.639. The summed E-state index contributed by atoms with van der Waals surface area (Å²) in [6.45, 7) is 2.24.